The van der Waals surface area contributed by atoms with E-state index in [0.717, 1.165) is 9.15 Å². The molecule has 0 aliphatic heterocycles. The number of ether oxygens (including phenoxy) is 3. The van der Waals surface area contributed by atoms with E-state index in [1.165, 1.54) is 25.6 Å². The van der Waals surface area contributed by atoms with E-state index in [0.29, 0.717) is 16.4 Å². The van der Waals surface area contributed by atoms with Gasteiger partial charge in [-0.1, -0.05) is 6.58 Å². The summed E-state index contributed by atoms with van der Waals surface area (Å²) in [5, 5.41) is 5.94. The molecule has 7 nitrogen and oxygen atoms in total. The molecule has 0 saturated carbocycles. The number of halogens is 1. The average Bonchev–Trinajstić information content (AvgIpc) is 3.00. The Bertz CT molecular complexity index is 690. The molecule has 0 radical (unpaired) electrons. The molecular formula is C12H13BrN2O5S. The SMILES string of the molecule is C=C(Cn1nc(-c2scc(Br)c2OC)oc1=O)OCOC. The van der Waals surface area contributed by atoms with Crippen molar-refractivity contribution in [2.24, 2.45) is 0 Å². The highest BCUT2D eigenvalue weighted by molar-refractivity contribution is 9.10. The topological polar surface area (TPSA) is 75.7 Å². The summed E-state index contributed by atoms with van der Waals surface area (Å²) in [6.07, 6.45) is 0. The van der Waals surface area contributed by atoms with Gasteiger partial charge in [-0.05, 0) is 15.9 Å². The molecule has 0 bridgehead atoms. The van der Waals surface area contributed by atoms with Crippen molar-refractivity contribution in [3.8, 4) is 16.5 Å². The van der Waals surface area contributed by atoms with Crippen LogP contribution in [0, 0.1) is 0 Å². The lowest BCUT2D eigenvalue weighted by molar-refractivity contribution is 0.00117. The molecular weight excluding hydrogens is 364 g/mol. The Balaban J connectivity index is 2.23. The van der Waals surface area contributed by atoms with E-state index in [1.54, 1.807) is 0 Å². The molecule has 114 valence electrons. The summed E-state index contributed by atoms with van der Waals surface area (Å²) in [5.41, 5.74) is 0. The Kier molecular flexibility index (Phi) is 5.21. The van der Waals surface area contributed by atoms with Crippen LogP contribution in [-0.2, 0) is 16.0 Å². The Hall–Kier alpha value is -1.58. The van der Waals surface area contributed by atoms with Gasteiger partial charge >= 0.3 is 5.76 Å². The summed E-state index contributed by atoms with van der Waals surface area (Å²) in [6.45, 7) is 3.82. The van der Waals surface area contributed by atoms with Crippen molar-refractivity contribution >= 4 is 27.3 Å². The number of aromatic nitrogens is 2. The van der Waals surface area contributed by atoms with Crippen LogP contribution in [0.25, 0.3) is 10.8 Å². The van der Waals surface area contributed by atoms with E-state index in [9.17, 15) is 4.79 Å². The summed E-state index contributed by atoms with van der Waals surface area (Å²) >= 11 is 4.71. The average molecular weight is 377 g/mol. The molecule has 2 aromatic rings. The van der Waals surface area contributed by atoms with Gasteiger partial charge in [0.2, 0.25) is 0 Å². The Morgan fingerprint density at radius 2 is 2.33 bits per heavy atom. The number of methoxy groups -OCH3 is 2. The molecule has 2 heterocycles. The zero-order valence-corrected chi connectivity index (χ0v) is 13.8. The summed E-state index contributed by atoms with van der Waals surface area (Å²) in [6, 6.07) is 0. The second-order valence-electron chi connectivity index (χ2n) is 3.87. The molecule has 0 unspecified atom stereocenters. The Morgan fingerprint density at radius 3 is 3.00 bits per heavy atom. The van der Waals surface area contributed by atoms with Gasteiger partial charge in [-0.3, -0.25) is 0 Å². The van der Waals surface area contributed by atoms with Crippen LogP contribution in [0.3, 0.4) is 0 Å². The number of rotatable bonds is 7. The number of thiophene rings is 1. The van der Waals surface area contributed by atoms with Crippen molar-refractivity contribution in [3.63, 3.8) is 0 Å². The van der Waals surface area contributed by atoms with Crippen LogP contribution in [0.2, 0.25) is 0 Å². The minimum atomic E-state index is -0.598. The molecule has 2 rings (SSSR count). The van der Waals surface area contributed by atoms with Gasteiger partial charge in [0, 0.05) is 12.5 Å². The third-order valence-electron chi connectivity index (χ3n) is 2.42. The van der Waals surface area contributed by atoms with Crippen molar-refractivity contribution < 1.29 is 18.6 Å². The molecule has 0 N–H and O–H groups in total. The van der Waals surface area contributed by atoms with Crippen molar-refractivity contribution in [2.45, 2.75) is 6.54 Å². The minimum absolute atomic E-state index is 0.0595. The van der Waals surface area contributed by atoms with E-state index in [4.69, 9.17) is 18.6 Å². The van der Waals surface area contributed by atoms with Gasteiger partial charge in [-0.25, -0.2) is 4.79 Å². The molecule has 0 amide bonds. The van der Waals surface area contributed by atoms with Gasteiger partial charge < -0.3 is 18.6 Å². The van der Waals surface area contributed by atoms with Crippen molar-refractivity contribution in [3.05, 3.63) is 32.7 Å². The third kappa shape index (κ3) is 3.55. The molecule has 0 saturated heterocycles. The second-order valence-corrected chi connectivity index (χ2v) is 5.60. The van der Waals surface area contributed by atoms with Crippen LogP contribution >= 0.6 is 27.3 Å². The third-order valence-corrected chi connectivity index (χ3v) is 4.26. The largest absolute Gasteiger partial charge is 0.494 e. The molecule has 2 aromatic heterocycles. The number of hydrogen-bond donors (Lipinski definition) is 0. The van der Waals surface area contributed by atoms with E-state index < -0.39 is 5.76 Å². The Labute approximate surface area is 132 Å². The van der Waals surface area contributed by atoms with Crippen molar-refractivity contribution in [2.75, 3.05) is 21.0 Å². The first kappa shape index (κ1) is 15.8. The maximum absolute atomic E-state index is 11.8. The van der Waals surface area contributed by atoms with Gasteiger partial charge in [0.1, 0.15) is 17.2 Å². The van der Waals surface area contributed by atoms with Crippen LogP contribution in [0.4, 0.5) is 0 Å². The fourth-order valence-corrected chi connectivity index (χ4v) is 3.10. The van der Waals surface area contributed by atoms with Gasteiger partial charge in [0.25, 0.3) is 5.89 Å². The first-order valence-electron chi connectivity index (χ1n) is 5.75. The lowest BCUT2D eigenvalue weighted by Gasteiger charge is -2.06. The smallest absolute Gasteiger partial charge is 0.437 e. The highest BCUT2D eigenvalue weighted by Gasteiger charge is 2.19. The van der Waals surface area contributed by atoms with E-state index >= 15 is 0 Å². The van der Waals surface area contributed by atoms with Crippen LogP contribution in [0.5, 0.6) is 5.75 Å². The second kappa shape index (κ2) is 6.92. The maximum Gasteiger partial charge on any atom is 0.437 e. The highest BCUT2D eigenvalue weighted by atomic mass is 79.9. The van der Waals surface area contributed by atoms with Gasteiger partial charge in [-0.2, -0.15) is 4.68 Å². The number of nitrogens with zero attached hydrogens (tertiary/aromatic N) is 2. The van der Waals surface area contributed by atoms with Gasteiger partial charge in [0.05, 0.1) is 11.6 Å². The zero-order chi connectivity index (χ0) is 15.4. The predicted octanol–water partition coefficient (Wildman–Crippen LogP) is 2.47. The molecule has 9 heteroatoms. The minimum Gasteiger partial charge on any atom is -0.494 e. The molecule has 0 aromatic carbocycles. The molecule has 0 fully saturated rings. The molecule has 0 spiro atoms. The fraction of sp³-hybridized carbons (Fsp3) is 0.333. The van der Waals surface area contributed by atoms with Crippen LogP contribution in [0.1, 0.15) is 0 Å². The monoisotopic (exact) mass is 376 g/mol. The van der Waals surface area contributed by atoms with Gasteiger partial charge in [-0.15, -0.1) is 16.4 Å². The maximum atomic E-state index is 11.8. The summed E-state index contributed by atoms with van der Waals surface area (Å²) in [7, 11) is 3.03. The number of hydrogen-bond acceptors (Lipinski definition) is 7. The molecule has 0 aliphatic carbocycles. The first-order valence-corrected chi connectivity index (χ1v) is 7.43. The fourth-order valence-electron chi connectivity index (χ4n) is 1.52. The molecule has 21 heavy (non-hydrogen) atoms. The summed E-state index contributed by atoms with van der Waals surface area (Å²) < 4.78 is 22.2. The van der Waals surface area contributed by atoms with Crippen LogP contribution < -0.4 is 10.5 Å². The van der Waals surface area contributed by atoms with E-state index in [-0.39, 0.29) is 19.2 Å². The Morgan fingerprint density at radius 1 is 1.57 bits per heavy atom. The number of allylic oxidation sites excluding steroid dienone is 1. The quantitative estimate of drug-likeness (QED) is 0.545. The van der Waals surface area contributed by atoms with Gasteiger partial charge in [0.15, 0.2) is 12.5 Å². The normalized spacial score (nSPS) is 10.6. The highest BCUT2D eigenvalue weighted by Crippen LogP contribution is 2.40. The van der Waals surface area contributed by atoms with E-state index in [2.05, 4.69) is 27.6 Å². The van der Waals surface area contributed by atoms with Crippen LogP contribution in [0.15, 0.2) is 31.4 Å². The molecule has 0 aliphatic rings. The molecule has 0 atom stereocenters. The first-order chi connectivity index (χ1) is 10.1. The lowest BCUT2D eigenvalue weighted by Crippen LogP contribution is -2.18. The van der Waals surface area contributed by atoms with Crippen molar-refractivity contribution in [1.82, 2.24) is 9.78 Å². The summed E-state index contributed by atoms with van der Waals surface area (Å²) in [5.74, 6) is 0.506. The predicted molar refractivity (Wildman–Crippen MR) is 80.4 cm³/mol. The summed E-state index contributed by atoms with van der Waals surface area (Å²) in [4.78, 5) is 12.4. The van der Waals surface area contributed by atoms with E-state index in [1.807, 2.05) is 5.38 Å². The zero-order valence-electron chi connectivity index (χ0n) is 11.4. The standard InChI is InChI=1S/C12H13BrN2O5S/c1-7(19-6-17-2)4-15-12(16)20-11(14-15)10-9(18-3)8(13)5-21-10/h5H,1,4,6H2,2-3H3. The van der Waals surface area contributed by atoms with Crippen LogP contribution in [-0.4, -0.2) is 30.8 Å². The lowest BCUT2D eigenvalue weighted by atomic mass is 10.4. The van der Waals surface area contributed by atoms with Crippen molar-refractivity contribution in [1.29, 1.82) is 0 Å².